The summed E-state index contributed by atoms with van der Waals surface area (Å²) >= 11 is 0. The Bertz CT molecular complexity index is 653. The molecule has 0 radical (unpaired) electrons. The van der Waals surface area contributed by atoms with E-state index < -0.39 is 8.60 Å². The molecule has 2 aromatic carbocycles. The number of hydrogen-bond acceptors (Lipinski definition) is 3. The first-order chi connectivity index (χ1) is 17.4. The maximum atomic E-state index is 5.99. The molecule has 0 saturated heterocycles. The summed E-state index contributed by atoms with van der Waals surface area (Å²) < 4.78 is 17.9. The molecule has 4 heteroatoms. The van der Waals surface area contributed by atoms with Crippen LogP contribution >= 0.6 is 8.60 Å². The summed E-state index contributed by atoms with van der Waals surface area (Å²) in [4.78, 5) is 0. The monoisotopic (exact) mass is 500 g/mol. The first-order valence-electron chi connectivity index (χ1n) is 14.3. The zero-order valence-corrected chi connectivity index (χ0v) is 23.1. The van der Waals surface area contributed by atoms with Crippen LogP contribution < -0.4 is 9.05 Å². The molecule has 0 aliphatic carbocycles. The highest BCUT2D eigenvalue weighted by Gasteiger charge is 2.16. The van der Waals surface area contributed by atoms with E-state index in [2.05, 4.69) is 6.92 Å². The van der Waals surface area contributed by atoms with Crippen molar-refractivity contribution in [3.63, 3.8) is 0 Å². The van der Waals surface area contributed by atoms with Gasteiger partial charge in [0.2, 0.25) is 0 Å². The van der Waals surface area contributed by atoms with Crippen LogP contribution in [-0.4, -0.2) is 6.61 Å². The highest BCUT2D eigenvalue weighted by molar-refractivity contribution is 7.42. The number of hydrogen-bond donors (Lipinski definition) is 0. The molecule has 35 heavy (non-hydrogen) atoms. The van der Waals surface area contributed by atoms with E-state index >= 15 is 0 Å². The molecule has 0 saturated carbocycles. The maximum absolute atomic E-state index is 5.99. The average molecular weight is 501 g/mol. The van der Waals surface area contributed by atoms with Gasteiger partial charge in [-0.05, 0) is 30.7 Å². The van der Waals surface area contributed by atoms with Crippen molar-refractivity contribution in [1.82, 2.24) is 0 Å². The Balaban J connectivity index is 1.42. The van der Waals surface area contributed by atoms with Gasteiger partial charge >= 0.3 is 8.60 Å². The molecule has 0 amide bonds. The molecule has 2 rings (SSSR count). The first-order valence-corrected chi connectivity index (χ1v) is 15.4. The fourth-order valence-corrected chi connectivity index (χ4v) is 5.18. The smallest absolute Gasteiger partial charge is 0.418 e. The Hall–Kier alpha value is -1.57. The number of unbranched alkanes of at least 4 members (excludes halogenated alkanes) is 16. The van der Waals surface area contributed by atoms with E-state index in [1.165, 1.54) is 103 Å². The molecule has 0 aliphatic heterocycles. The minimum absolute atomic E-state index is 0.671. The van der Waals surface area contributed by atoms with Crippen LogP contribution in [0.1, 0.15) is 116 Å². The lowest BCUT2D eigenvalue weighted by Crippen LogP contribution is -2.01. The fraction of sp³-hybridized carbons (Fsp3) is 0.613. The second-order valence-corrected chi connectivity index (χ2v) is 10.6. The van der Waals surface area contributed by atoms with Gasteiger partial charge in [-0.1, -0.05) is 146 Å². The fourth-order valence-electron chi connectivity index (χ4n) is 4.17. The first kappa shape index (κ1) is 29.7. The molecule has 0 N–H and O–H groups in total. The van der Waals surface area contributed by atoms with Gasteiger partial charge in [0.05, 0.1) is 6.61 Å². The zero-order chi connectivity index (χ0) is 24.7. The van der Waals surface area contributed by atoms with Gasteiger partial charge < -0.3 is 9.05 Å². The molecular weight excluding hydrogens is 451 g/mol. The highest BCUT2D eigenvalue weighted by Crippen LogP contribution is 2.41. The maximum Gasteiger partial charge on any atom is 0.463 e. The molecule has 0 fully saturated rings. The molecule has 0 heterocycles. The van der Waals surface area contributed by atoms with E-state index in [1.54, 1.807) is 0 Å². The van der Waals surface area contributed by atoms with Crippen molar-refractivity contribution in [2.75, 3.05) is 6.61 Å². The summed E-state index contributed by atoms with van der Waals surface area (Å²) in [6.45, 7) is 2.96. The van der Waals surface area contributed by atoms with Crippen LogP contribution in [-0.2, 0) is 4.52 Å². The van der Waals surface area contributed by atoms with Crippen molar-refractivity contribution in [2.45, 2.75) is 116 Å². The SMILES string of the molecule is CCCCCCCCCCCCCCCCCCCOP(Oc1ccccc1)Oc1ccccc1. The van der Waals surface area contributed by atoms with Crippen LogP contribution in [0, 0.1) is 0 Å². The Morgan fingerprint density at radius 1 is 0.457 bits per heavy atom. The lowest BCUT2D eigenvalue weighted by atomic mass is 10.0. The normalized spacial score (nSPS) is 11.1. The van der Waals surface area contributed by atoms with E-state index in [-0.39, 0.29) is 0 Å². The molecular formula is C31H49O3P. The summed E-state index contributed by atoms with van der Waals surface area (Å²) in [5, 5.41) is 0. The minimum Gasteiger partial charge on any atom is -0.418 e. The third-order valence-corrected chi connectivity index (χ3v) is 7.40. The van der Waals surface area contributed by atoms with E-state index in [4.69, 9.17) is 13.6 Å². The zero-order valence-electron chi connectivity index (χ0n) is 22.2. The lowest BCUT2D eigenvalue weighted by Gasteiger charge is -2.17. The third-order valence-electron chi connectivity index (χ3n) is 6.29. The van der Waals surface area contributed by atoms with Gasteiger partial charge in [-0.15, -0.1) is 0 Å². The third kappa shape index (κ3) is 16.7. The summed E-state index contributed by atoms with van der Waals surface area (Å²) in [7, 11) is -1.46. The molecule has 0 atom stereocenters. The standard InChI is InChI=1S/C31H49O3P/c1-2-3-4-5-6-7-8-9-10-11-12-13-14-15-16-17-24-29-32-35(33-30-25-20-18-21-26-30)34-31-27-22-19-23-28-31/h18-23,25-28H,2-17,24,29H2,1H3. The summed E-state index contributed by atoms with van der Waals surface area (Å²) in [5.74, 6) is 1.55. The second-order valence-electron chi connectivity index (χ2n) is 9.52. The molecule has 0 unspecified atom stereocenters. The van der Waals surface area contributed by atoms with Gasteiger partial charge in [-0.3, -0.25) is 4.52 Å². The lowest BCUT2D eigenvalue weighted by molar-refractivity contribution is 0.258. The molecule has 0 aromatic heterocycles. The quantitative estimate of drug-likeness (QED) is 0.112. The van der Waals surface area contributed by atoms with Crippen LogP contribution in [0.4, 0.5) is 0 Å². The van der Waals surface area contributed by atoms with E-state index in [0.29, 0.717) is 6.61 Å². The second kappa shape index (κ2) is 21.7. The Morgan fingerprint density at radius 2 is 0.800 bits per heavy atom. The summed E-state index contributed by atoms with van der Waals surface area (Å²) in [6, 6.07) is 19.5. The summed E-state index contributed by atoms with van der Waals surface area (Å²) in [6.07, 6.45) is 23.4. The van der Waals surface area contributed by atoms with Crippen molar-refractivity contribution in [3.05, 3.63) is 60.7 Å². The van der Waals surface area contributed by atoms with E-state index in [0.717, 1.165) is 17.9 Å². The van der Waals surface area contributed by atoms with Crippen molar-refractivity contribution < 1.29 is 13.6 Å². The van der Waals surface area contributed by atoms with Gasteiger partial charge in [-0.25, -0.2) is 0 Å². The molecule has 3 nitrogen and oxygen atoms in total. The Morgan fingerprint density at radius 3 is 1.17 bits per heavy atom. The number of para-hydroxylation sites is 2. The Kier molecular flexibility index (Phi) is 18.4. The van der Waals surface area contributed by atoms with Crippen molar-refractivity contribution in [3.8, 4) is 11.5 Å². The van der Waals surface area contributed by atoms with Gasteiger partial charge in [0.15, 0.2) is 0 Å². The summed E-state index contributed by atoms with van der Waals surface area (Å²) in [5.41, 5.74) is 0. The average Bonchev–Trinajstić information content (AvgIpc) is 2.89. The van der Waals surface area contributed by atoms with Crippen LogP contribution in [0.15, 0.2) is 60.7 Å². The van der Waals surface area contributed by atoms with Gasteiger partial charge in [0.25, 0.3) is 0 Å². The molecule has 0 spiro atoms. The van der Waals surface area contributed by atoms with Gasteiger partial charge in [0, 0.05) is 0 Å². The van der Waals surface area contributed by atoms with Crippen LogP contribution in [0.2, 0.25) is 0 Å². The van der Waals surface area contributed by atoms with Crippen molar-refractivity contribution >= 4 is 8.60 Å². The number of rotatable bonds is 23. The molecule has 2 aromatic rings. The van der Waals surface area contributed by atoms with E-state index in [9.17, 15) is 0 Å². The number of benzene rings is 2. The van der Waals surface area contributed by atoms with Crippen LogP contribution in [0.3, 0.4) is 0 Å². The minimum atomic E-state index is -1.46. The van der Waals surface area contributed by atoms with Gasteiger partial charge in [0.1, 0.15) is 11.5 Å². The predicted octanol–water partition coefficient (Wildman–Crippen LogP) is 11.0. The largest absolute Gasteiger partial charge is 0.463 e. The van der Waals surface area contributed by atoms with Crippen molar-refractivity contribution in [1.29, 1.82) is 0 Å². The van der Waals surface area contributed by atoms with E-state index in [1.807, 2.05) is 60.7 Å². The van der Waals surface area contributed by atoms with Gasteiger partial charge in [-0.2, -0.15) is 0 Å². The highest BCUT2D eigenvalue weighted by atomic mass is 31.2. The molecule has 0 aliphatic rings. The van der Waals surface area contributed by atoms with Crippen LogP contribution in [0.5, 0.6) is 11.5 Å². The molecule has 196 valence electrons. The van der Waals surface area contributed by atoms with Crippen LogP contribution in [0.25, 0.3) is 0 Å². The topological polar surface area (TPSA) is 27.7 Å². The predicted molar refractivity (Wildman–Crippen MR) is 151 cm³/mol. The van der Waals surface area contributed by atoms with Crippen molar-refractivity contribution in [2.24, 2.45) is 0 Å². The molecule has 0 bridgehead atoms. The Labute approximate surface area is 217 Å².